The lowest BCUT2D eigenvalue weighted by Crippen LogP contribution is -2.25. The number of nitrogens with zero attached hydrogens (tertiary/aromatic N) is 1. The monoisotopic (exact) mass is 313 g/mol. The van der Waals surface area contributed by atoms with Crippen molar-refractivity contribution in [3.8, 4) is 0 Å². The molecule has 4 nitrogen and oxygen atoms in total. The lowest BCUT2D eigenvalue weighted by molar-refractivity contribution is -0.148. The highest BCUT2D eigenvalue weighted by Crippen LogP contribution is 2.46. The largest absolute Gasteiger partial charge is 0.457 e. The van der Waals surface area contributed by atoms with Crippen LogP contribution in [-0.2, 0) is 19.7 Å². The number of carbonyl (C=O) groups excluding carboxylic acids is 2. The number of ether oxygens (including phenoxy) is 1. The van der Waals surface area contributed by atoms with Gasteiger partial charge in [0.05, 0.1) is 5.92 Å². The molecule has 0 unspecified atom stereocenters. The molecule has 0 bridgehead atoms. The fourth-order valence-corrected chi connectivity index (χ4v) is 3.35. The molecule has 0 spiro atoms. The Bertz CT molecular complexity index is 690. The van der Waals surface area contributed by atoms with Gasteiger partial charge < -0.3 is 9.64 Å². The number of esters is 1. The zero-order valence-corrected chi connectivity index (χ0v) is 14.1. The van der Waals surface area contributed by atoms with E-state index in [9.17, 15) is 9.59 Å². The van der Waals surface area contributed by atoms with Gasteiger partial charge in [0.25, 0.3) is 0 Å². The second-order valence-electron chi connectivity index (χ2n) is 7.12. The van der Waals surface area contributed by atoms with Crippen LogP contribution in [0.3, 0.4) is 0 Å². The van der Waals surface area contributed by atoms with Crippen LogP contribution in [-0.4, -0.2) is 25.4 Å². The molecule has 122 valence electrons. The van der Waals surface area contributed by atoms with E-state index in [-0.39, 0.29) is 29.7 Å². The quantitative estimate of drug-likeness (QED) is 0.633. The summed E-state index contributed by atoms with van der Waals surface area (Å²) in [7, 11) is 1.96. The number of fused-ring (bicyclic) bond motifs is 1. The smallest absolute Gasteiger partial charge is 0.309 e. The molecule has 1 aromatic rings. The van der Waals surface area contributed by atoms with Gasteiger partial charge in [-0.05, 0) is 24.0 Å². The number of benzene rings is 1. The van der Waals surface area contributed by atoms with Gasteiger partial charge in [0.2, 0.25) is 0 Å². The molecule has 2 aliphatic rings. The topological polar surface area (TPSA) is 46.6 Å². The Morgan fingerprint density at radius 3 is 2.61 bits per heavy atom. The zero-order valence-electron chi connectivity index (χ0n) is 14.1. The van der Waals surface area contributed by atoms with Crippen molar-refractivity contribution in [2.24, 2.45) is 11.8 Å². The highest BCUT2D eigenvalue weighted by atomic mass is 16.5. The molecule has 0 saturated heterocycles. The van der Waals surface area contributed by atoms with Crippen molar-refractivity contribution in [3.63, 3.8) is 0 Å². The van der Waals surface area contributed by atoms with Crippen molar-refractivity contribution in [3.05, 3.63) is 41.6 Å². The molecule has 1 saturated carbocycles. The number of para-hydroxylation sites is 1. The third-order valence-electron chi connectivity index (χ3n) is 5.01. The van der Waals surface area contributed by atoms with E-state index in [1.807, 2.05) is 31.0 Å². The maximum Gasteiger partial charge on any atom is 0.309 e. The molecule has 0 amide bonds. The van der Waals surface area contributed by atoms with Crippen molar-refractivity contribution < 1.29 is 14.3 Å². The van der Waals surface area contributed by atoms with Crippen LogP contribution in [0, 0.1) is 11.8 Å². The van der Waals surface area contributed by atoms with Gasteiger partial charge in [-0.1, -0.05) is 39.0 Å². The van der Waals surface area contributed by atoms with Gasteiger partial charge in [-0.2, -0.15) is 0 Å². The number of rotatable bonds is 4. The molecule has 3 rings (SSSR count). The van der Waals surface area contributed by atoms with E-state index >= 15 is 0 Å². The molecule has 1 aromatic carbocycles. The minimum absolute atomic E-state index is 0.00898. The van der Waals surface area contributed by atoms with E-state index in [1.54, 1.807) is 6.08 Å². The Hall–Kier alpha value is -2.10. The van der Waals surface area contributed by atoms with Crippen molar-refractivity contribution in [2.45, 2.75) is 32.6 Å². The average Bonchev–Trinajstić information content (AvgIpc) is 3.22. The summed E-state index contributed by atoms with van der Waals surface area (Å²) in [6, 6.07) is 8.15. The van der Waals surface area contributed by atoms with Crippen molar-refractivity contribution in [1.82, 2.24) is 0 Å². The van der Waals surface area contributed by atoms with Gasteiger partial charge in [-0.15, -0.1) is 0 Å². The molecule has 0 N–H and O–H groups in total. The van der Waals surface area contributed by atoms with Gasteiger partial charge in [-0.25, -0.2) is 0 Å². The van der Waals surface area contributed by atoms with Crippen LogP contribution in [0.4, 0.5) is 5.69 Å². The Morgan fingerprint density at radius 2 is 2.00 bits per heavy atom. The third-order valence-corrected chi connectivity index (χ3v) is 5.01. The van der Waals surface area contributed by atoms with Crippen LogP contribution in [0.1, 0.15) is 32.8 Å². The second-order valence-corrected chi connectivity index (χ2v) is 7.12. The van der Waals surface area contributed by atoms with E-state index in [1.165, 1.54) is 5.56 Å². The second kappa shape index (κ2) is 5.52. The van der Waals surface area contributed by atoms with Crippen LogP contribution in [0.25, 0.3) is 0 Å². The molecule has 0 aromatic heterocycles. The first kappa shape index (κ1) is 15.8. The van der Waals surface area contributed by atoms with Crippen molar-refractivity contribution in [2.75, 3.05) is 18.6 Å². The molecule has 1 aliphatic heterocycles. The summed E-state index contributed by atoms with van der Waals surface area (Å²) in [6.07, 6.45) is 2.49. The van der Waals surface area contributed by atoms with Crippen LogP contribution >= 0.6 is 0 Å². The Morgan fingerprint density at radius 1 is 1.35 bits per heavy atom. The van der Waals surface area contributed by atoms with Crippen LogP contribution in [0.15, 0.2) is 36.0 Å². The fourth-order valence-electron chi connectivity index (χ4n) is 3.35. The molecule has 1 aliphatic carbocycles. The zero-order chi connectivity index (χ0) is 16.8. The van der Waals surface area contributed by atoms with Crippen molar-refractivity contribution in [1.29, 1.82) is 0 Å². The average molecular weight is 313 g/mol. The molecule has 23 heavy (non-hydrogen) atoms. The summed E-state index contributed by atoms with van der Waals surface area (Å²) in [6.45, 7) is 6.05. The predicted molar refractivity (Wildman–Crippen MR) is 89.2 cm³/mol. The SMILES string of the molecule is C[C@@H]1C[C@@H]1C(=O)OCC(=O)/C=C1\N(C)c2ccccc2C1(C)C. The highest BCUT2D eigenvalue weighted by molar-refractivity contribution is 5.94. The number of hydrogen-bond acceptors (Lipinski definition) is 4. The first-order valence-electron chi connectivity index (χ1n) is 8.07. The summed E-state index contributed by atoms with van der Waals surface area (Å²) < 4.78 is 5.14. The fraction of sp³-hybridized carbons (Fsp3) is 0.474. The Balaban J connectivity index is 1.72. The molecule has 0 radical (unpaired) electrons. The number of likely N-dealkylation sites (N-methyl/N-ethyl adjacent to an activating group) is 1. The normalized spacial score (nSPS) is 26.1. The van der Waals surface area contributed by atoms with Gasteiger partial charge in [0.15, 0.2) is 12.4 Å². The summed E-state index contributed by atoms with van der Waals surface area (Å²) >= 11 is 0. The molecule has 4 heteroatoms. The van der Waals surface area contributed by atoms with Gasteiger partial charge in [-0.3, -0.25) is 9.59 Å². The molecular weight excluding hydrogens is 290 g/mol. The Labute approximate surface area is 137 Å². The highest BCUT2D eigenvalue weighted by Gasteiger charge is 2.41. The van der Waals surface area contributed by atoms with Crippen LogP contribution in [0.5, 0.6) is 0 Å². The van der Waals surface area contributed by atoms with Gasteiger partial charge in [0.1, 0.15) is 0 Å². The number of allylic oxidation sites excluding steroid dienone is 1. The van der Waals surface area contributed by atoms with Crippen LogP contribution in [0.2, 0.25) is 0 Å². The van der Waals surface area contributed by atoms with Gasteiger partial charge in [0, 0.05) is 29.9 Å². The standard InChI is InChI=1S/C19H23NO3/c1-12-9-14(12)18(22)23-11-13(21)10-17-19(2,3)15-7-5-6-8-16(15)20(17)4/h5-8,10,12,14H,9,11H2,1-4H3/b17-10-/t12-,14+/m1/s1. The summed E-state index contributed by atoms with van der Waals surface area (Å²) in [5.41, 5.74) is 3.00. The minimum atomic E-state index is -0.244. The lowest BCUT2D eigenvalue weighted by atomic mass is 9.83. The maximum atomic E-state index is 12.2. The Kier molecular flexibility index (Phi) is 3.78. The van der Waals surface area contributed by atoms with E-state index in [4.69, 9.17) is 4.74 Å². The summed E-state index contributed by atoms with van der Waals surface area (Å²) in [5, 5.41) is 0. The van der Waals surface area contributed by atoms with E-state index in [0.717, 1.165) is 17.8 Å². The van der Waals surface area contributed by atoms with E-state index in [0.29, 0.717) is 5.92 Å². The number of anilines is 1. The lowest BCUT2D eigenvalue weighted by Gasteiger charge is -2.23. The molecule has 2 atom stereocenters. The predicted octanol–water partition coefficient (Wildman–Crippen LogP) is 3.07. The number of ketones is 1. The van der Waals surface area contributed by atoms with E-state index in [2.05, 4.69) is 26.0 Å². The first-order chi connectivity index (χ1) is 10.8. The van der Waals surface area contributed by atoms with Gasteiger partial charge >= 0.3 is 5.97 Å². The minimum Gasteiger partial charge on any atom is -0.457 e. The summed E-state index contributed by atoms with van der Waals surface area (Å²) in [5.74, 6) is -0.0309. The molecular formula is C19H23NO3. The number of hydrogen-bond donors (Lipinski definition) is 0. The van der Waals surface area contributed by atoms with E-state index < -0.39 is 0 Å². The van der Waals surface area contributed by atoms with Crippen LogP contribution < -0.4 is 4.90 Å². The summed E-state index contributed by atoms with van der Waals surface area (Å²) in [4.78, 5) is 26.0. The molecule has 1 heterocycles. The maximum absolute atomic E-state index is 12.2. The number of carbonyl (C=O) groups is 2. The first-order valence-corrected chi connectivity index (χ1v) is 8.07. The van der Waals surface area contributed by atoms with Crippen molar-refractivity contribution >= 4 is 17.4 Å². The molecule has 1 fully saturated rings. The third kappa shape index (κ3) is 2.78.